The zero-order valence-corrected chi connectivity index (χ0v) is 14.4. The number of benzene rings is 1. The first kappa shape index (κ1) is 18.0. The summed E-state index contributed by atoms with van der Waals surface area (Å²) in [6, 6.07) is 8.98. The molecule has 0 spiro atoms. The van der Waals surface area contributed by atoms with Crippen LogP contribution in [0.3, 0.4) is 0 Å². The largest absolute Gasteiger partial charge is 0.492 e. The van der Waals surface area contributed by atoms with Crippen molar-refractivity contribution in [3.05, 3.63) is 29.8 Å². The summed E-state index contributed by atoms with van der Waals surface area (Å²) >= 11 is 0. The van der Waals surface area contributed by atoms with Gasteiger partial charge in [0, 0.05) is 19.1 Å². The van der Waals surface area contributed by atoms with Gasteiger partial charge in [0.25, 0.3) is 0 Å². The molecule has 0 amide bonds. The van der Waals surface area contributed by atoms with Gasteiger partial charge in [-0.25, -0.2) is 0 Å². The Kier molecular flexibility index (Phi) is 8.40. The zero-order chi connectivity index (χ0) is 15.7. The molecule has 1 aromatic rings. The second kappa shape index (κ2) is 9.80. The minimum Gasteiger partial charge on any atom is -0.492 e. The van der Waals surface area contributed by atoms with Crippen molar-refractivity contribution in [2.45, 2.75) is 46.7 Å². The molecule has 1 aromatic carbocycles. The van der Waals surface area contributed by atoms with Crippen molar-refractivity contribution in [3.63, 3.8) is 0 Å². The first-order chi connectivity index (χ1) is 10.0. The van der Waals surface area contributed by atoms with Crippen molar-refractivity contribution < 1.29 is 4.74 Å². The molecule has 0 fully saturated rings. The molecule has 0 aliphatic rings. The van der Waals surface area contributed by atoms with Gasteiger partial charge in [-0.1, -0.05) is 32.9 Å². The Hall–Kier alpha value is -1.06. The van der Waals surface area contributed by atoms with Gasteiger partial charge in [0.15, 0.2) is 0 Å². The SMILES string of the molecule is CCNCc1ccc(OCCN(C)C(C)CC(C)C)cc1. The minimum absolute atomic E-state index is 0.607. The monoisotopic (exact) mass is 292 g/mol. The molecule has 0 aromatic heterocycles. The topological polar surface area (TPSA) is 24.5 Å². The summed E-state index contributed by atoms with van der Waals surface area (Å²) in [5.74, 6) is 1.70. The fourth-order valence-electron chi connectivity index (χ4n) is 2.36. The van der Waals surface area contributed by atoms with Crippen LogP contribution in [0.1, 0.15) is 39.7 Å². The Bertz CT molecular complexity index is 375. The molecule has 0 aliphatic carbocycles. The van der Waals surface area contributed by atoms with Crippen molar-refractivity contribution >= 4 is 0 Å². The molecule has 0 saturated carbocycles. The van der Waals surface area contributed by atoms with Crippen LogP contribution in [0.4, 0.5) is 0 Å². The average molecular weight is 292 g/mol. The maximum absolute atomic E-state index is 5.83. The molecule has 1 atom stereocenters. The van der Waals surface area contributed by atoms with Gasteiger partial charge in [0.1, 0.15) is 12.4 Å². The molecule has 0 heterocycles. The van der Waals surface area contributed by atoms with Gasteiger partial charge in [0.05, 0.1) is 0 Å². The zero-order valence-electron chi connectivity index (χ0n) is 14.4. The lowest BCUT2D eigenvalue weighted by Crippen LogP contribution is -2.33. The fraction of sp³-hybridized carbons (Fsp3) is 0.667. The van der Waals surface area contributed by atoms with Crippen molar-refractivity contribution in [2.24, 2.45) is 5.92 Å². The Morgan fingerprint density at radius 3 is 2.38 bits per heavy atom. The summed E-state index contributed by atoms with van der Waals surface area (Å²) in [7, 11) is 2.18. The van der Waals surface area contributed by atoms with Gasteiger partial charge < -0.3 is 15.0 Å². The van der Waals surface area contributed by atoms with Crippen LogP contribution in [-0.2, 0) is 6.54 Å². The number of nitrogens with one attached hydrogen (secondary N) is 1. The molecular weight excluding hydrogens is 260 g/mol. The number of hydrogen-bond donors (Lipinski definition) is 1. The highest BCUT2D eigenvalue weighted by Crippen LogP contribution is 2.13. The van der Waals surface area contributed by atoms with Crippen LogP contribution in [0.25, 0.3) is 0 Å². The van der Waals surface area contributed by atoms with Gasteiger partial charge in [-0.15, -0.1) is 0 Å². The molecule has 1 unspecified atom stereocenters. The summed E-state index contributed by atoms with van der Waals surface area (Å²) in [4.78, 5) is 2.37. The molecule has 120 valence electrons. The molecule has 0 bridgehead atoms. The van der Waals surface area contributed by atoms with Crippen LogP contribution in [0.5, 0.6) is 5.75 Å². The van der Waals surface area contributed by atoms with E-state index in [-0.39, 0.29) is 0 Å². The van der Waals surface area contributed by atoms with Crippen LogP contribution in [0.15, 0.2) is 24.3 Å². The quantitative estimate of drug-likeness (QED) is 0.714. The van der Waals surface area contributed by atoms with Crippen molar-refractivity contribution in [1.29, 1.82) is 0 Å². The van der Waals surface area contributed by atoms with Crippen LogP contribution in [0.2, 0.25) is 0 Å². The third-order valence-corrected chi connectivity index (χ3v) is 3.78. The van der Waals surface area contributed by atoms with E-state index in [2.05, 4.69) is 69.2 Å². The van der Waals surface area contributed by atoms with Crippen molar-refractivity contribution in [1.82, 2.24) is 10.2 Å². The van der Waals surface area contributed by atoms with E-state index in [9.17, 15) is 0 Å². The maximum atomic E-state index is 5.83. The first-order valence-electron chi connectivity index (χ1n) is 8.15. The van der Waals surface area contributed by atoms with Crippen molar-refractivity contribution in [2.75, 3.05) is 26.7 Å². The number of ether oxygens (including phenoxy) is 1. The van der Waals surface area contributed by atoms with Gasteiger partial charge in [-0.05, 0) is 50.6 Å². The lowest BCUT2D eigenvalue weighted by atomic mass is 10.0. The Balaban J connectivity index is 2.28. The molecule has 0 saturated heterocycles. The second-order valence-electron chi connectivity index (χ2n) is 6.23. The van der Waals surface area contributed by atoms with E-state index < -0.39 is 0 Å². The van der Waals surface area contributed by atoms with E-state index >= 15 is 0 Å². The number of nitrogens with zero attached hydrogens (tertiary/aromatic N) is 1. The summed E-state index contributed by atoms with van der Waals surface area (Å²) < 4.78 is 5.83. The van der Waals surface area contributed by atoms with Gasteiger partial charge in [-0.2, -0.15) is 0 Å². The van der Waals surface area contributed by atoms with Crippen LogP contribution < -0.4 is 10.1 Å². The smallest absolute Gasteiger partial charge is 0.119 e. The van der Waals surface area contributed by atoms with E-state index in [4.69, 9.17) is 4.74 Å². The highest BCUT2D eigenvalue weighted by molar-refractivity contribution is 5.27. The first-order valence-corrected chi connectivity index (χ1v) is 8.15. The molecule has 3 heteroatoms. The maximum Gasteiger partial charge on any atom is 0.119 e. The summed E-state index contributed by atoms with van der Waals surface area (Å²) in [5, 5.41) is 3.32. The lowest BCUT2D eigenvalue weighted by molar-refractivity contribution is 0.184. The summed E-state index contributed by atoms with van der Waals surface area (Å²) in [6.07, 6.45) is 1.23. The fourth-order valence-corrected chi connectivity index (χ4v) is 2.36. The Morgan fingerprint density at radius 1 is 1.14 bits per heavy atom. The van der Waals surface area contributed by atoms with Gasteiger partial charge >= 0.3 is 0 Å². The normalized spacial score (nSPS) is 12.9. The van der Waals surface area contributed by atoms with E-state index in [1.807, 2.05) is 0 Å². The standard InChI is InChI=1S/C18H32N2O/c1-6-19-14-17-7-9-18(10-8-17)21-12-11-20(5)16(4)13-15(2)3/h7-10,15-16,19H,6,11-14H2,1-5H3. The van der Waals surface area contributed by atoms with E-state index in [1.165, 1.54) is 12.0 Å². The number of rotatable bonds is 10. The van der Waals surface area contributed by atoms with Gasteiger partial charge in [0.2, 0.25) is 0 Å². The third-order valence-electron chi connectivity index (χ3n) is 3.78. The molecule has 0 aliphatic heterocycles. The molecule has 21 heavy (non-hydrogen) atoms. The predicted molar refractivity (Wildman–Crippen MR) is 90.9 cm³/mol. The third kappa shape index (κ3) is 7.49. The highest BCUT2D eigenvalue weighted by Gasteiger charge is 2.10. The average Bonchev–Trinajstić information content (AvgIpc) is 2.45. The van der Waals surface area contributed by atoms with Crippen molar-refractivity contribution in [3.8, 4) is 5.75 Å². The lowest BCUT2D eigenvalue weighted by Gasteiger charge is -2.26. The molecule has 0 radical (unpaired) electrons. The molecule has 1 rings (SSSR count). The van der Waals surface area contributed by atoms with Crippen LogP contribution in [-0.4, -0.2) is 37.7 Å². The second-order valence-corrected chi connectivity index (χ2v) is 6.23. The van der Waals surface area contributed by atoms with E-state index in [1.54, 1.807) is 0 Å². The van der Waals surface area contributed by atoms with Gasteiger partial charge in [-0.3, -0.25) is 0 Å². The Morgan fingerprint density at radius 2 is 1.81 bits per heavy atom. The molecular formula is C18H32N2O. The van der Waals surface area contributed by atoms with Crippen LogP contribution >= 0.6 is 0 Å². The number of likely N-dealkylation sites (N-methyl/N-ethyl adjacent to an activating group) is 1. The Labute approximate surface area is 130 Å². The van der Waals surface area contributed by atoms with Crippen LogP contribution in [0, 0.1) is 5.92 Å². The summed E-state index contributed by atoms with van der Waals surface area (Å²) in [6.45, 7) is 12.6. The predicted octanol–water partition coefficient (Wildman–Crippen LogP) is 3.54. The highest BCUT2D eigenvalue weighted by atomic mass is 16.5. The van der Waals surface area contributed by atoms with E-state index in [0.717, 1.165) is 37.9 Å². The summed E-state index contributed by atoms with van der Waals surface area (Å²) in [5.41, 5.74) is 1.30. The minimum atomic E-state index is 0.607. The molecule has 3 nitrogen and oxygen atoms in total. The molecule has 1 N–H and O–H groups in total. The number of hydrogen-bond acceptors (Lipinski definition) is 3. The van der Waals surface area contributed by atoms with E-state index in [0.29, 0.717) is 6.04 Å².